The summed E-state index contributed by atoms with van der Waals surface area (Å²) in [6, 6.07) is 0. The Bertz CT molecular complexity index is 317. The maximum atomic E-state index is 11.1. The van der Waals surface area contributed by atoms with E-state index in [9.17, 15) is 9.59 Å². The first-order chi connectivity index (χ1) is 6.27. The van der Waals surface area contributed by atoms with Crippen LogP contribution in [0.15, 0.2) is 6.33 Å². The molecule has 1 aliphatic rings. The minimum absolute atomic E-state index is 0.116. The highest BCUT2D eigenvalue weighted by Crippen LogP contribution is 2.11. The van der Waals surface area contributed by atoms with Crippen molar-refractivity contribution in [3.63, 3.8) is 0 Å². The van der Waals surface area contributed by atoms with Crippen molar-refractivity contribution in [2.45, 2.75) is 19.5 Å². The predicted molar refractivity (Wildman–Crippen MR) is 38.9 cm³/mol. The van der Waals surface area contributed by atoms with E-state index in [4.69, 9.17) is 0 Å². The number of carbonyl (C=O) groups is 2. The van der Waals surface area contributed by atoms with Crippen LogP contribution in [0.5, 0.6) is 0 Å². The smallest absolute Gasteiger partial charge is 0.231 e. The van der Waals surface area contributed by atoms with Crippen LogP contribution in [0.2, 0.25) is 0 Å². The van der Waals surface area contributed by atoms with E-state index in [0.717, 1.165) is 4.90 Å². The Morgan fingerprint density at radius 2 is 2.00 bits per heavy atom. The van der Waals surface area contributed by atoms with Crippen molar-refractivity contribution in [3.8, 4) is 0 Å². The number of likely N-dealkylation sites (tertiary alicyclic amines) is 1. The van der Waals surface area contributed by atoms with Gasteiger partial charge in [0.1, 0.15) is 13.0 Å². The fourth-order valence-corrected chi connectivity index (χ4v) is 1.17. The quantitative estimate of drug-likeness (QED) is 0.534. The highest BCUT2D eigenvalue weighted by atomic mass is 16.2. The molecule has 0 aliphatic carbocycles. The lowest BCUT2D eigenvalue weighted by Gasteiger charge is -2.11. The third-order valence-corrected chi connectivity index (χ3v) is 1.83. The van der Waals surface area contributed by atoms with Gasteiger partial charge in [-0.15, -0.1) is 5.10 Å². The summed E-state index contributed by atoms with van der Waals surface area (Å²) in [6.45, 7) is 0.116. The Morgan fingerprint density at radius 3 is 2.54 bits per heavy atom. The molecule has 0 radical (unpaired) electrons. The Kier molecular flexibility index (Phi) is 1.76. The molecule has 0 atom stereocenters. The molecule has 2 amide bonds. The molecule has 68 valence electrons. The number of hydrogen-bond donors (Lipinski definition) is 0. The zero-order chi connectivity index (χ0) is 9.26. The number of nitrogens with zero attached hydrogens (tertiary/aromatic N) is 5. The van der Waals surface area contributed by atoms with Crippen molar-refractivity contribution in [3.05, 3.63) is 6.33 Å². The second-order valence-electron chi connectivity index (χ2n) is 2.71. The van der Waals surface area contributed by atoms with E-state index in [-0.39, 0.29) is 18.5 Å². The molecule has 0 saturated carbocycles. The monoisotopic (exact) mass is 181 g/mol. The number of carbonyl (C=O) groups excluding carboxylic acids is 2. The molecule has 0 aromatic carbocycles. The van der Waals surface area contributed by atoms with Gasteiger partial charge in [0.15, 0.2) is 0 Å². The molecule has 1 aromatic heterocycles. The van der Waals surface area contributed by atoms with Crippen LogP contribution in [-0.4, -0.2) is 36.9 Å². The summed E-state index contributed by atoms with van der Waals surface area (Å²) in [7, 11) is 0. The number of hydrogen-bond acceptors (Lipinski definition) is 5. The van der Waals surface area contributed by atoms with Crippen molar-refractivity contribution >= 4 is 11.8 Å². The summed E-state index contributed by atoms with van der Waals surface area (Å²) in [6.07, 6.45) is 1.95. The van der Waals surface area contributed by atoms with Crippen LogP contribution in [0.3, 0.4) is 0 Å². The van der Waals surface area contributed by atoms with Gasteiger partial charge in [-0.05, 0) is 10.4 Å². The van der Waals surface area contributed by atoms with Crippen LogP contribution in [0, 0.1) is 0 Å². The first kappa shape index (κ1) is 7.84. The summed E-state index contributed by atoms with van der Waals surface area (Å²) < 4.78 is 1.33. The summed E-state index contributed by atoms with van der Waals surface area (Å²) >= 11 is 0. The third-order valence-electron chi connectivity index (χ3n) is 1.83. The highest BCUT2D eigenvalue weighted by molar-refractivity contribution is 6.01. The Labute approximate surface area is 73.3 Å². The average molecular weight is 181 g/mol. The lowest BCUT2D eigenvalue weighted by atomic mass is 10.4. The molecule has 1 aliphatic heterocycles. The molecule has 1 saturated heterocycles. The maximum Gasteiger partial charge on any atom is 0.231 e. The summed E-state index contributed by atoms with van der Waals surface area (Å²) in [4.78, 5) is 23.4. The average Bonchev–Trinajstić information content (AvgIpc) is 2.70. The van der Waals surface area contributed by atoms with Gasteiger partial charge >= 0.3 is 0 Å². The van der Waals surface area contributed by atoms with E-state index in [1.165, 1.54) is 11.0 Å². The Balaban J connectivity index is 2.09. The number of aromatic nitrogens is 4. The van der Waals surface area contributed by atoms with Crippen molar-refractivity contribution in [2.75, 3.05) is 0 Å². The number of tetrazole rings is 1. The SMILES string of the molecule is O=C1CCC(=O)N1Cn1cnnn1. The Morgan fingerprint density at radius 1 is 1.31 bits per heavy atom. The molecule has 2 rings (SSSR count). The first-order valence-electron chi connectivity index (χ1n) is 3.81. The molecule has 1 aromatic rings. The van der Waals surface area contributed by atoms with Gasteiger partial charge in [0.25, 0.3) is 0 Å². The van der Waals surface area contributed by atoms with Gasteiger partial charge in [-0.25, -0.2) is 4.68 Å². The topological polar surface area (TPSA) is 81.0 Å². The second kappa shape index (κ2) is 2.92. The highest BCUT2D eigenvalue weighted by Gasteiger charge is 2.28. The molecule has 1 fully saturated rings. The summed E-state index contributed by atoms with van der Waals surface area (Å²) in [5.74, 6) is -0.332. The lowest BCUT2D eigenvalue weighted by molar-refractivity contribution is -0.140. The largest absolute Gasteiger partial charge is 0.274 e. The van der Waals surface area contributed by atoms with E-state index in [2.05, 4.69) is 15.5 Å². The van der Waals surface area contributed by atoms with Gasteiger partial charge in [-0.2, -0.15) is 0 Å². The van der Waals surface area contributed by atoms with Crippen LogP contribution in [0.4, 0.5) is 0 Å². The van der Waals surface area contributed by atoms with Crippen molar-refractivity contribution in [1.29, 1.82) is 0 Å². The number of rotatable bonds is 2. The molecule has 0 unspecified atom stereocenters. The van der Waals surface area contributed by atoms with Crippen LogP contribution in [0.25, 0.3) is 0 Å². The third kappa shape index (κ3) is 1.40. The van der Waals surface area contributed by atoms with E-state index in [1.54, 1.807) is 0 Å². The predicted octanol–water partition coefficient (Wildman–Crippen LogP) is -1.22. The molecule has 0 bridgehead atoms. The van der Waals surface area contributed by atoms with Gasteiger partial charge in [-0.3, -0.25) is 14.5 Å². The molecule has 7 heteroatoms. The van der Waals surface area contributed by atoms with E-state index in [0.29, 0.717) is 12.8 Å². The van der Waals surface area contributed by atoms with Gasteiger partial charge < -0.3 is 0 Å². The first-order valence-corrected chi connectivity index (χ1v) is 3.81. The fraction of sp³-hybridized carbons (Fsp3) is 0.500. The van der Waals surface area contributed by atoms with Crippen LogP contribution in [0.1, 0.15) is 12.8 Å². The zero-order valence-corrected chi connectivity index (χ0v) is 6.75. The summed E-state index contributed by atoms with van der Waals surface area (Å²) in [5.41, 5.74) is 0. The molecular weight excluding hydrogens is 174 g/mol. The minimum atomic E-state index is -0.166. The van der Waals surface area contributed by atoms with Crippen molar-refractivity contribution in [2.24, 2.45) is 0 Å². The van der Waals surface area contributed by atoms with Crippen molar-refractivity contribution in [1.82, 2.24) is 25.1 Å². The number of amides is 2. The van der Waals surface area contributed by atoms with Crippen molar-refractivity contribution < 1.29 is 9.59 Å². The maximum absolute atomic E-state index is 11.1. The van der Waals surface area contributed by atoms with Gasteiger partial charge in [-0.1, -0.05) is 0 Å². The standard InChI is InChI=1S/C6H7N5O2/c12-5-1-2-6(13)11(5)4-10-3-7-8-9-10/h3H,1-2,4H2. The Hall–Kier alpha value is -1.79. The van der Waals surface area contributed by atoms with E-state index >= 15 is 0 Å². The van der Waals surface area contributed by atoms with Crippen LogP contribution < -0.4 is 0 Å². The summed E-state index contributed by atoms with van der Waals surface area (Å²) in [5, 5.41) is 10.4. The minimum Gasteiger partial charge on any atom is -0.274 e. The number of imide groups is 1. The van der Waals surface area contributed by atoms with E-state index < -0.39 is 0 Å². The van der Waals surface area contributed by atoms with Crippen LogP contribution in [-0.2, 0) is 16.3 Å². The molecular formula is C6H7N5O2. The van der Waals surface area contributed by atoms with E-state index in [1.807, 2.05) is 0 Å². The molecule has 0 spiro atoms. The fourth-order valence-electron chi connectivity index (χ4n) is 1.17. The second-order valence-corrected chi connectivity index (χ2v) is 2.71. The molecule has 2 heterocycles. The van der Waals surface area contributed by atoms with Gasteiger partial charge in [0.2, 0.25) is 11.8 Å². The molecule has 7 nitrogen and oxygen atoms in total. The molecule has 13 heavy (non-hydrogen) atoms. The zero-order valence-electron chi connectivity index (χ0n) is 6.75. The normalized spacial score (nSPS) is 17.1. The van der Waals surface area contributed by atoms with Crippen LogP contribution >= 0.6 is 0 Å². The lowest BCUT2D eigenvalue weighted by Crippen LogP contribution is -2.31. The molecule has 0 N–H and O–H groups in total. The van der Waals surface area contributed by atoms with Gasteiger partial charge in [0, 0.05) is 12.8 Å². The van der Waals surface area contributed by atoms with Gasteiger partial charge in [0.05, 0.1) is 0 Å².